The number of rotatable bonds is 5. The van der Waals surface area contributed by atoms with E-state index in [1.165, 1.54) is 12.1 Å². The van der Waals surface area contributed by atoms with Crippen LogP contribution in [0.5, 0.6) is 0 Å². The molecule has 0 aliphatic carbocycles. The molecule has 0 spiro atoms. The first kappa shape index (κ1) is 19.7. The zero-order valence-corrected chi connectivity index (χ0v) is 13.0. The maximum atomic E-state index is 13.1. The maximum Gasteiger partial charge on any atom is 0.407 e. The smallest absolute Gasteiger partial charge is 0.407 e. The Balaban J connectivity index is 2.43. The number of hydrogen-bond donors (Lipinski definition) is 1. The van der Waals surface area contributed by atoms with Crippen LogP contribution >= 0.6 is 0 Å². The quantitative estimate of drug-likeness (QED) is 0.594. The second kappa shape index (κ2) is 7.29. The Morgan fingerprint density at radius 1 is 1.04 bits per heavy atom. The second-order valence-electron chi connectivity index (χ2n) is 5.31. The molecule has 0 saturated heterocycles. The van der Waals surface area contributed by atoms with Crippen molar-refractivity contribution in [2.75, 3.05) is 11.4 Å². The summed E-state index contributed by atoms with van der Waals surface area (Å²) in [6, 6.07) is 5.03. The van der Waals surface area contributed by atoms with Crippen molar-refractivity contribution in [2.45, 2.75) is 25.5 Å². The standard InChI is InChI=1S/C16H12F6N2O2/c1-23-14-5-2-10(6-13(14)16(20,21)22)24(9-15(17,18)19)7-11-3-4-12(8-25)26-11/h2-6,25H,7-9H2. The van der Waals surface area contributed by atoms with Crippen LogP contribution in [0.4, 0.5) is 37.7 Å². The monoisotopic (exact) mass is 378 g/mol. The van der Waals surface area contributed by atoms with Gasteiger partial charge in [-0.3, -0.25) is 0 Å². The van der Waals surface area contributed by atoms with E-state index >= 15 is 0 Å². The van der Waals surface area contributed by atoms with Crippen LogP contribution in [0.3, 0.4) is 0 Å². The first-order chi connectivity index (χ1) is 12.0. The van der Waals surface area contributed by atoms with E-state index in [0.29, 0.717) is 11.0 Å². The molecule has 0 fully saturated rings. The molecule has 10 heteroatoms. The van der Waals surface area contributed by atoms with E-state index in [1.54, 1.807) is 0 Å². The van der Waals surface area contributed by atoms with Gasteiger partial charge in [-0.25, -0.2) is 4.85 Å². The van der Waals surface area contributed by atoms with Crippen molar-refractivity contribution in [3.63, 3.8) is 0 Å². The largest absolute Gasteiger partial charge is 0.462 e. The lowest BCUT2D eigenvalue weighted by Gasteiger charge is -2.26. The fourth-order valence-corrected chi connectivity index (χ4v) is 2.28. The molecule has 0 radical (unpaired) electrons. The summed E-state index contributed by atoms with van der Waals surface area (Å²) in [5.41, 5.74) is -2.37. The number of nitrogens with zero attached hydrogens (tertiary/aromatic N) is 2. The molecule has 26 heavy (non-hydrogen) atoms. The Kier molecular flexibility index (Phi) is 5.51. The summed E-state index contributed by atoms with van der Waals surface area (Å²) in [4.78, 5) is 3.41. The number of hydrogen-bond acceptors (Lipinski definition) is 3. The normalized spacial score (nSPS) is 12.1. The first-order valence-corrected chi connectivity index (χ1v) is 7.12. The topological polar surface area (TPSA) is 41.0 Å². The minimum Gasteiger partial charge on any atom is -0.462 e. The molecule has 0 amide bonds. The summed E-state index contributed by atoms with van der Waals surface area (Å²) in [6.45, 7) is 4.34. The zero-order chi connectivity index (χ0) is 19.5. The van der Waals surface area contributed by atoms with Crippen LogP contribution in [0, 0.1) is 6.57 Å². The Hall–Kier alpha value is -2.67. The van der Waals surface area contributed by atoms with E-state index in [4.69, 9.17) is 16.1 Å². The molecule has 1 aromatic carbocycles. The number of alkyl halides is 6. The molecule has 1 N–H and O–H groups in total. The molecule has 0 bridgehead atoms. The van der Waals surface area contributed by atoms with Crippen LogP contribution in [-0.2, 0) is 19.3 Å². The van der Waals surface area contributed by atoms with Crippen LogP contribution in [0.15, 0.2) is 34.7 Å². The SMILES string of the molecule is [C-]#[N+]c1ccc(N(Cc2ccc(CO)o2)CC(F)(F)F)cc1C(F)(F)F. The molecule has 1 heterocycles. The van der Waals surface area contributed by atoms with Crippen molar-refractivity contribution < 1.29 is 35.9 Å². The van der Waals surface area contributed by atoms with Gasteiger partial charge in [0, 0.05) is 5.69 Å². The number of aliphatic hydroxyl groups excluding tert-OH is 1. The van der Waals surface area contributed by atoms with Gasteiger partial charge in [0.15, 0.2) is 5.69 Å². The number of halogens is 6. The molecule has 0 saturated carbocycles. The second-order valence-corrected chi connectivity index (χ2v) is 5.31. The number of aliphatic hydroxyl groups is 1. The van der Waals surface area contributed by atoms with E-state index in [2.05, 4.69) is 4.85 Å². The van der Waals surface area contributed by atoms with Crippen LogP contribution in [0.1, 0.15) is 17.1 Å². The van der Waals surface area contributed by atoms with E-state index in [9.17, 15) is 26.3 Å². The molecule has 0 aliphatic rings. The van der Waals surface area contributed by atoms with Gasteiger partial charge in [-0.15, -0.1) is 0 Å². The highest BCUT2D eigenvalue weighted by atomic mass is 19.4. The van der Waals surface area contributed by atoms with E-state index < -0.39 is 43.3 Å². The molecule has 0 unspecified atom stereocenters. The van der Waals surface area contributed by atoms with Crippen molar-refractivity contribution in [3.05, 3.63) is 58.8 Å². The average molecular weight is 378 g/mol. The fraction of sp³-hybridized carbons (Fsp3) is 0.312. The summed E-state index contributed by atoms with van der Waals surface area (Å²) in [7, 11) is 0. The predicted octanol–water partition coefficient (Wildman–Crippen LogP) is 4.91. The predicted molar refractivity (Wildman–Crippen MR) is 79.4 cm³/mol. The van der Waals surface area contributed by atoms with E-state index in [-0.39, 0.29) is 17.2 Å². The lowest BCUT2D eigenvalue weighted by Crippen LogP contribution is -2.33. The van der Waals surface area contributed by atoms with Crippen molar-refractivity contribution in [3.8, 4) is 0 Å². The van der Waals surface area contributed by atoms with Crippen molar-refractivity contribution in [1.82, 2.24) is 0 Å². The summed E-state index contributed by atoms with van der Waals surface area (Å²) in [5, 5.41) is 8.93. The van der Waals surface area contributed by atoms with Gasteiger partial charge in [0.2, 0.25) is 0 Å². The Labute approximate surface area is 144 Å². The first-order valence-electron chi connectivity index (χ1n) is 7.12. The molecule has 4 nitrogen and oxygen atoms in total. The molecule has 0 atom stereocenters. The van der Waals surface area contributed by atoms with E-state index in [1.807, 2.05) is 0 Å². The van der Waals surface area contributed by atoms with Gasteiger partial charge >= 0.3 is 12.4 Å². The average Bonchev–Trinajstić information content (AvgIpc) is 2.99. The van der Waals surface area contributed by atoms with Crippen molar-refractivity contribution in [1.29, 1.82) is 0 Å². The minimum atomic E-state index is -4.88. The summed E-state index contributed by atoms with van der Waals surface area (Å²) < 4.78 is 82.9. The van der Waals surface area contributed by atoms with Crippen LogP contribution in [-0.4, -0.2) is 17.8 Å². The van der Waals surface area contributed by atoms with Crippen LogP contribution in [0.25, 0.3) is 4.85 Å². The lowest BCUT2D eigenvalue weighted by atomic mass is 10.1. The van der Waals surface area contributed by atoms with Gasteiger partial charge in [0.05, 0.1) is 18.7 Å². The van der Waals surface area contributed by atoms with Crippen molar-refractivity contribution in [2.24, 2.45) is 0 Å². The van der Waals surface area contributed by atoms with Gasteiger partial charge in [-0.1, -0.05) is 6.07 Å². The van der Waals surface area contributed by atoms with Gasteiger partial charge in [-0.2, -0.15) is 26.3 Å². The fourth-order valence-electron chi connectivity index (χ4n) is 2.28. The summed E-state index contributed by atoms with van der Waals surface area (Å²) in [5.74, 6) is 0.160. The summed E-state index contributed by atoms with van der Waals surface area (Å²) >= 11 is 0. The molecule has 2 aromatic rings. The van der Waals surface area contributed by atoms with Gasteiger partial charge in [0.25, 0.3) is 0 Å². The van der Waals surface area contributed by atoms with Crippen LogP contribution < -0.4 is 4.90 Å². The molecular formula is C16H12F6N2O2. The highest BCUT2D eigenvalue weighted by molar-refractivity contribution is 5.62. The molecule has 1 aromatic heterocycles. The highest BCUT2D eigenvalue weighted by Crippen LogP contribution is 2.39. The minimum absolute atomic E-state index is 0.0427. The molecule has 140 valence electrons. The van der Waals surface area contributed by atoms with E-state index in [0.717, 1.165) is 12.1 Å². The maximum absolute atomic E-state index is 13.1. The molecule has 0 aliphatic heterocycles. The van der Waals surface area contributed by atoms with Crippen molar-refractivity contribution >= 4 is 11.4 Å². The van der Waals surface area contributed by atoms with Gasteiger partial charge in [-0.05, 0) is 24.3 Å². The highest BCUT2D eigenvalue weighted by Gasteiger charge is 2.36. The summed E-state index contributed by atoms with van der Waals surface area (Å²) in [6.07, 6.45) is -9.56. The van der Waals surface area contributed by atoms with Crippen LogP contribution in [0.2, 0.25) is 0 Å². The third-order valence-corrected chi connectivity index (χ3v) is 3.36. The Bertz CT molecular complexity index is 804. The lowest BCUT2D eigenvalue weighted by molar-refractivity contribution is -0.136. The van der Waals surface area contributed by atoms with Gasteiger partial charge in [0.1, 0.15) is 24.7 Å². The third-order valence-electron chi connectivity index (χ3n) is 3.36. The number of anilines is 1. The van der Waals surface area contributed by atoms with Gasteiger partial charge < -0.3 is 14.4 Å². The Morgan fingerprint density at radius 2 is 1.69 bits per heavy atom. The zero-order valence-electron chi connectivity index (χ0n) is 13.0. The number of furan rings is 1. The Morgan fingerprint density at radius 3 is 2.19 bits per heavy atom. The third kappa shape index (κ3) is 4.92. The molecular weight excluding hydrogens is 366 g/mol. The number of benzene rings is 1. The molecule has 2 rings (SSSR count).